The molecule has 0 aliphatic rings. The van der Waals surface area contributed by atoms with Gasteiger partial charge < -0.3 is 38.5 Å². The van der Waals surface area contributed by atoms with E-state index in [-0.39, 0.29) is 23.6 Å². The van der Waals surface area contributed by atoms with Crippen molar-refractivity contribution in [1.29, 1.82) is 0 Å². The number of alkyl halides is 6. The number of hydrogen-bond donors (Lipinski definition) is 1. The molecule has 4 heterocycles. The lowest BCUT2D eigenvalue weighted by Gasteiger charge is -2.28. The topological polar surface area (TPSA) is 166 Å². The number of methoxy groups -OCH3 is 2. The number of halogens is 6. The number of aryl methyl sites for hydroxylation is 2. The van der Waals surface area contributed by atoms with Crippen LogP contribution in [0, 0.1) is 13.8 Å². The van der Waals surface area contributed by atoms with E-state index in [0.717, 1.165) is 21.6 Å². The number of pyridine rings is 2. The molecule has 6 aromatic carbocycles. The van der Waals surface area contributed by atoms with Gasteiger partial charge in [-0.2, -0.15) is 26.3 Å². The fourth-order valence-corrected chi connectivity index (χ4v) is 9.46. The molecule has 10 aromatic rings. The molecule has 0 saturated heterocycles. The van der Waals surface area contributed by atoms with Crippen molar-refractivity contribution in [3.8, 4) is 57.0 Å². The van der Waals surface area contributed by atoms with Crippen LogP contribution >= 0.6 is 0 Å². The minimum absolute atomic E-state index is 0.0490. The minimum Gasteiger partial charge on any atom is -0.489 e. The first-order valence-electron chi connectivity index (χ1n) is 28.6. The van der Waals surface area contributed by atoms with Crippen LogP contribution < -0.4 is 29.2 Å². The van der Waals surface area contributed by atoms with E-state index in [0.29, 0.717) is 92.5 Å². The Kier molecular flexibility index (Phi) is 20.2. The Morgan fingerprint density at radius 2 is 0.967 bits per heavy atom. The lowest BCUT2D eigenvalue weighted by atomic mass is 10.0. The van der Waals surface area contributed by atoms with E-state index in [4.69, 9.17) is 33.2 Å². The Morgan fingerprint density at radius 3 is 1.41 bits per heavy atom. The molecule has 0 spiro atoms. The zero-order valence-corrected chi connectivity index (χ0v) is 50.6. The SMILES string of the molecule is COC(=O)c1ccc(-c2cnc3c(N(CCC(F)(F)F)C(=O)OC(C)(C)C)cc(Oc4ccc(OCc5ccccc5)cc4)cn23)cc1C.COC(=O)c1ccc(-c2cnc3c(NCCC(F)(F)F)cc(Oc4ccc(OCc5ccccc5)cc4)cn23)cc1C. The maximum absolute atomic E-state index is 13.5. The Bertz CT molecular complexity index is 4150. The maximum Gasteiger partial charge on any atom is 0.414 e. The van der Waals surface area contributed by atoms with Crippen molar-refractivity contribution in [2.75, 3.05) is 37.5 Å². The molecule has 0 unspecified atom stereocenters. The number of carbonyl (C=O) groups excluding carboxylic acids is 3. The van der Waals surface area contributed by atoms with Gasteiger partial charge in [0, 0.05) is 36.3 Å². The van der Waals surface area contributed by atoms with Crippen LogP contribution in [0.15, 0.2) is 183 Å². The van der Waals surface area contributed by atoms with Gasteiger partial charge in [0.2, 0.25) is 0 Å². The number of imidazole rings is 2. The quantitative estimate of drug-likeness (QED) is 0.0436. The van der Waals surface area contributed by atoms with Gasteiger partial charge >= 0.3 is 30.4 Å². The molecule has 4 aromatic heterocycles. The fraction of sp³-hybridized carbons (Fsp3) is 0.232. The standard InChI is InChI=1S/C37H36F3N3O6.C32H28F3N3O4/c1-24-19-26(11-16-30(24)34(44)46-5)32-21-41-33-31(42(18-17-37(38,39)40)35(45)49-36(2,3)4)20-29(22-43(32)33)48-28-14-12-27(13-15-28)47-23-25-9-7-6-8-10-25;1-21-16-23(8-13-27(21)31(39)40-2)29-18-37-30-28(36-15-14-32(33,34)35)17-26(19-38(29)30)42-25-11-9-24(10-12-25)41-20-22-6-4-3-5-7-22/h6-16,19-22H,17-18,23H2,1-5H3;3-13,16-19,36H,14-15,20H2,1-2H3. The van der Waals surface area contributed by atoms with Gasteiger partial charge in [0.1, 0.15) is 53.3 Å². The first-order valence-corrected chi connectivity index (χ1v) is 28.6. The predicted molar refractivity (Wildman–Crippen MR) is 331 cm³/mol. The van der Waals surface area contributed by atoms with Gasteiger partial charge in [-0.1, -0.05) is 72.8 Å². The van der Waals surface area contributed by atoms with Crippen LogP contribution in [-0.2, 0) is 27.4 Å². The number of ether oxygens (including phenoxy) is 7. The summed E-state index contributed by atoms with van der Waals surface area (Å²) >= 11 is 0. The second kappa shape index (κ2) is 28.3. The van der Waals surface area contributed by atoms with Crippen molar-refractivity contribution >= 4 is 40.7 Å². The number of nitrogens with zero attached hydrogens (tertiary/aromatic N) is 5. The van der Waals surface area contributed by atoms with Crippen LogP contribution in [0.25, 0.3) is 33.8 Å². The van der Waals surface area contributed by atoms with Crippen molar-refractivity contribution < 1.29 is 73.9 Å². The van der Waals surface area contributed by atoms with Crippen LogP contribution in [0.1, 0.15) is 76.6 Å². The largest absolute Gasteiger partial charge is 0.489 e. The molecule has 0 bridgehead atoms. The number of fused-ring (bicyclic) bond motifs is 2. The first kappa shape index (κ1) is 64.9. The Labute approximate surface area is 520 Å². The molecule has 0 atom stereocenters. The van der Waals surface area contributed by atoms with Crippen LogP contribution in [-0.4, -0.2) is 82.1 Å². The lowest BCUT2D eigenvalue weighted by Crippen LogP contribution is -2.39. The summed E-state index contributed by atoms with van der Waals surface area (Å²) in [5, 5.41) is 2.86. The molecule has 22 heteroatoms. The number of nitrogens with one attached hydrogen (secondary N) is 1. The number of anilines is 2. The highest BCUT2D eigenvalue weighted by Crippen LogP contribution is 2.37. The van der Waals surface area contributed by atoms with Gasteiger partial charge in [0.25, 0.3) is 0 Å². The van der Waals surface area contributed by atoms with E-state index in [9.17, 15) is 40.7 Å². The highest BCUT2D eigenvalue weighted by molar-refractivity contribution is 5.95. The predicted octanol–water partition coefficient (Wildman–Crippen LogP) is 17.0. The number of amides is 1. The number of rotatable bonds is 20. The molecule has 0 fully saturated rings. The van der Waals surface area contributed by atoms with Crippen LogP contribution in [0.5, 0.6) is 34.5 Å². The number of aromatic nitrogens is 4. The monoisotopic (exact) mass is 1250 g/mol. The van der Waals surface area contributed by atoms with E-state index in [1.807, 2.05) is 66.7 Å². The van der Waals surface area contributed by atoms with E-state index in [1.165, 1.54) is 26.5 Å². The van der Waals surface area contributed by atoms with E-state index in [2.05, 4.69) is 15.3 Å². The fourth-order valence-electron chi connectivity index (χ4n) is 9.46. The molecule has 16 nitrogen and oxygen atoms in total. The van der Waals surface area contributed by atoms with Crippen LogP contribution in [0.4, 0.5) is 42.5 Å². The third-order valence-corrected chi connectivity index (χ3v) is 13.9. The summed E-state index contributed by atoms with van der Waals surface area (Å²) in [7, 11) is 2.62. The molecule has 91 heavy (non-hydrogen) atoms. The Balaban J connectivity index is 0.000000218. The molecule has 0 aliphatic heterocycles. The van der Waals surface area contributed by atoms with Gasteiger partial charge in [-0.05, 0) is 130 Å². The molecule has 1 N–H and O–H groups in total. The summed E-state index contributed by atoms with van der Waals surface area (Å²) in [6, 6.07) is 46.9. The summed E-state index contributed by atoms with van der Waals surface area (Å²) in [6.07, 6.45) is -5.61. The molecule has 472 valence electrons. The number of hydrogen-bond acceptors (Lipinski definition) is 13. The molecule has 0 radical (unpaired) electrons. The Hall–Kier alpha value is -10.5. The van der Waals surface area contributed by atoms with Gasteiger partial charge in [0.05, 0.1) is 85.7 Å². The smallest absolute Gasteiger partial charge is 0.414 e. The van der Waals surface area contributed by atoms with Crippen molar-refractivity contribution in [2.45, 2.75) is 78.6 Å². The van der Waals surface area contributed by atoms with Gasteiger partial charge in [-0.15, -0.1) is 0 Å². The molecule has 1 amide bonds. The van der Waals surface area contributed by atoms with Crippen molar-refractivity contribution in [2.24, 2.45) is 0 Å². The highest BCUT2D eigenvalue weighted by Gasteiger charge is 2.33. The number of esters is 2. The summed E-state index contributed by atoms with van der Waals surface area (Å²) < 4.78 is 122. The average molecular weight is 1250 g/mol. The summed E-state index contributed by atoms with van der Waals surface area (Å²) in [6.45, 7) is 8.19. The van der Waals surface area contributed by atoms with Gasteiger partial charge in [0.15, 0.2) is 11.3 Å². The normalized spacial score (nSPS) is 11.5. The average Bonchev–Trinajstić information content (AvgIpc) is 1.68. The Morgan fingerprint density at radius 1 is 0.527 bits per heavy atom. The molecule has 0 aliphatic carbocycles. The third kappa shape index (κ3) is 17.4. The summed E-state index contributed by atoms with van der Waals surface area (Å²) in [4.78, 5) is 47.6. The summed E-state index contributed by atoms with van der Waals surface area (Å²) in [5.74, 6) is 1.87. The van der Waals surface area contributed by atoms with Crippen LogP contribution in [0.3, 0.4) is 0 Å². The summed E-state index contributed by atoms with van der Waals surface area (Å²) in [5.41, 5.74) is 6.89. The highest BCUT2D eigenvalue weighted by atomic mass is 19.4. The van der Waals surface area contributed by atoms with Crippen molar-refractivity contribution in [3.63, 3.8) is 0 Å². The maximum atomic E-state index is 13.5. The van der Waals surface area contributed by atoms with Gasteiger partial charge in [-0.3, -0.25) is 13.7 Å². The number of carbonyl (C=O) groups is 3. The van der Waals surface area contributed by atoms with E-state index in [1.54, 1.807) is 147 Å². The molecular weight excluding hydrogens is 1190 g/mol. The first-order chi connectivity index (χ1) is 43.4. The molecule has 10 rings (SSSR count). The van der Waals surface area contributed by atoms with Gasteiger partial charge in [-0.25, -0.2) is 24.4 Å². The molecule has 0 saturated carbocycles. The van der Waals surface area contributed by atoms with Crippen LogP contribution in [0.2, 0.25) is 0 Å². The second-order valence-electron chi connectivity index (χ2n) is 21.9. The zero-order valence-electron chi connectivity index (χ0n) is 50.6. The third-order valence-electron chi connectivity index (χ3n) is 13.9. The lowest BCUT2D eigenvalue weighted by molar-refractivity contribution is -0.132. The van der Waals surface area contributed by atoms with Crippen molar-refractivity contribution in [3.05, 3.63) is 216 Å². The number of benzene rings is 6. The minimum atomic E-state index is -4.55. The van der Waals surface area contributed by atoms with E-state index < -0.39 is 55.4 Å². The zero-order chi connectivity index (χ0) is 65.0. The van der Waals surface area contributed by atoms with E-state index >= 15 is 0 Å². The van der Waals surface area contributed by atoms with Crippen molar-refractivity contribution in [1.82, 2.24) is 18.8 Å². The molecular formula is C69H64F6N6O10. The second-order valence-corrected chi connectivity index (χ2v) is 21.9.